The zero-order valence-corrected chi connectivity index (χ0v) is 29.6. The van der Waals surface area contributed by atoms with E-state index < -0.39 is 18.1 Å². The lowest BCUT2D eigenvalue weighted by molar-refractivity contribution is -0.138. The van der Waals surface area contributed by atoms with Gasteiger partial charge in [0.15, 0.2) is 28.8 Å². The van der Waals surface area contributed by atoms with Crippen LogP contribution in [0.3, 0.4) is 0 Å². The number of ether oxygens (including phenoxy) is 6. The lowest BCUT2D eigenvalue weighted by Crippen LogP contribution is -2.56. The zero-order valence-electron chi connectivity index (χ0n) is 29.6. The Hall–Kier alpha value is -3.76. The molecule has 10 heteroatoms. The number of carbonyl (C=O) groups excluding carboxylic acids is 2. The van der Waals surface area contributed by atoms with Crippen LogP contribution in [0.1, 0.15) is 89.8 Å². The number of rotatable bonds is 16. The largest absolute Gasteiger partial charge is 0.493 e. The number of carbonyl (C=O) groups is 2. The molecule has 0 aliphatic carbocycles. The van der Waals surface area contributed by atoms with Gasteiger partial charge in [-0.25, -0.2) is 0 Å². The van der Waals surface area contributed by atoms with Crippen molar-refractivity contribution in [1.29, 1.82) is 0 Å². The summed E-state index contributed by atoms with van der Waals surface area (Å²) >= 11 is 0. The van der Waals surface area contributed by atoms with Crippen molar-refractivity contribution in [3.63, 3.8) is 0 Å². The third kappa shape index (κ3) is 6.67. The smallest absolute Gasteiger partial charge is 0.228 e. The van der Waals surface area contributed by atoms with Gasteiger partial charge in [-0.2, -0.15) is 0 Å². The quantitative estimate of drug-likeness (QED) is 0.156. The van der Waals surface area contributed by atoms with E-state index in [9.17, 15) is 4.79 Å². The normalized spacial score (nSPS) is 18.7. The minimum atomic E-state index is -0.935. The molecule has 4 rings (SSSR count). The number of amides is 1. The molecule has 0 aromatic heterocycles. The molecule has 0 saturated carbocycles. The summed E-state index contributed by atoms with van der Waals surface area (Å²) in [5.74, 6) is 1.94. The Morgan fingerprint density at radius 2 is 1.55 bits per heavy atom. The Bertz CT molecular complexity index is 1470. The predicted molar refractivity (Wildman–Crippen MR) is 182 cm³/mol. The highest BCUT2D eigenvalue weighted by Gasteiger charge is 2.53. The number of benzene rings is 2. The molecule has 10 nitrogen and oxygen atoms in total. The first-order chi connectivity index (χ1) is 22.6. The molecule has 2 aliphatic rings. The van der Waals surface area contributed by atoms with Crippen molar-refractivity contribution >= 4 is 11.7 Å². The number of hydrogen-bond acceptors (Lipinski definition) is 9. The van der Waals surface area contributed by atoms with E-state index in [2.05, 4.69) is 20.4 Å². The van der Waals surface area contributed by atoms with Crippen LogP contribution in [0.5, 0.6) is 28.7 Å². The number of likely N-dealkylation sites (N-methyl/N-ethyl adjacent to an activating group) is 1. The Morgan fingerprint density at radius 3 is 2.15 bits per heavy atom. The van der Waals surface area contributed by atoms with Gasteiger partial charge in [0.05, 0.1) is 58.6 Å². The average molecular weight is 653 g/mol. The third-order valence-electron chi connectivity index (χ3n) is 9.06. The fourth-order valence-electron chi connectivity index (χ4n) is 6.98. The highest BCUT2D eigenvalue weighted by atomic mass is 16.5. The molecule has 0 radical (unpaired) electrons. The van der Waals surface area contributed by atoms with E-state index in [4.69, 9.17) is 28.4 Å². The Labute approximate surface area is 279 Å². The van der Waals surface area contributed by atoms with E-state index >= 15 is 4.79 Å². The standard InChI is InChI=1S/C37H52N2O8/c1-11-14-17-45-21-25-28-29(34(46-16-13-3)23(5)35(43-9)36(28)44-10)32(41)31-30(38(6)7)27-24(20-26(40)39(25)31)19-22(4)33(42-8)37(27)47-18-15-12-2/h13,19,25,30-31H,3,11-12,14-18,20-21H2,1-2,4-10H3/t25-,30+,31+/m0/s1. The summed E-state index contributed by atoms with van der Waals surface area (Å²) in [5.41, 5.74) is 3.96. The average Bonchev–Trinajstić information content (AvgIpc) is 3.17. The summed E-state index contributed by atoms with van der Waals surface area (Å²) in [4.78, 5) is 33.6. The SMILES string of the molecule is C=CCOc1c(C)c(OC)c(OC)c2c1C(=O)[C@H]1[C@H](N(C)C)c3c(cc(C)c(OC)c3OCCCC)CC(=O)N1[C@H]2COCCCC. The molecule has 0 spiro atoms. The maximum atomic E-state index is 15.3. The molecule has 2 aromatic rings. The maximum Gasteiger partial charge on any atom is 0.228 e. The summed E-state index contributed by atoms with van der Waals surface area (Å²) in [6, 6.07) is -0.195. The van der Waals surface area contributed by atoms with E-state index in [1.165, 1.54) is 0 Å². The molecular formula is C37H52N2O8. The van der Waals surface area contributed by atoms with E-state index in [1.807, 2.05) is 38.9 Å². The zero-order chi connectivity index (χ0) is 34.4. The van der Waals surface area contributed by atoms with Crippen LogP contribution in [-0.4, -0.2) is 89.4 Å². The maximum absolute atomic E-state index is 15.3. The van der Waals surface area contributed by atoms with Crippen molar-refractivity contribution in [3.8, 4) is 28.7 Å². The Morgan fingerprint density at radius 1 is 0.894 bits per heavy atom. The summed E-state index contributed by atoms with van der Waals surface area (Å²) in [7, 11) is 8.58. The van der Waals surface area contributed by atoms with Crippen molar-refractivity contribution in [2.24, 2.45) is 0 Å². The van der Waals surface area contributed by atoms with Gasteiger partial charge in [0.2, 0.25) is 5.91 Å². The van der Waals surface area contributed by atoms with Crippen LogP contribution >= 0.6 is 0 Å². The lowest BCUT2D eigenvalue weighted by atomic mass is 9.80. The van der Waals surface area contributed by atoms with Crippen LogP contribution in [0.4, 0.5) is 0 Å². The van der Waals surface area contributed by atoms with Crippen molar-refractivity contribution in [2.45, 2.75) is 77.9 Å². The van der Waals surface area contributed by atoms with Crippen LogP contribution in [0, 0.1) is 13.8 Å². The molecular weight excluding hydrogens is 600 g/mol. The van der Waals surface area contributed by atoms with Gasteiger partial charge in [0.1, 0.15) is 18.4 Å². The number of nitrogens with zero attached hydrogens (tertiary/aromatic N) is 2. The van der Waals surface area contributed by atoms with Crippen molar-refractivity contribution < 1.29 is 38.0 Å². The van der Waals surface area contributed by atoms with Gasteiger partial charge in [0.25, 0.3) is 0 Å². The van der Waals surface area contributed by atoms with Crippen LogP contribution in [0.15, 0.2) is 18.7 Å². The first-order valence-corrected chi connectivity index (χ1v) is 16.6. The molecule has 258 valence electrons. The van der Waals surface area contributed by atoms with Gasteiger partial charge in [0, 0.05) is 23.3 Å². The third-order valence-corrected chi connectivity index (χ3v) is 9.06. The monoisotopic (exact) mass is 652 g/mol. The molecule has 0 saturated heterocycles. The van der Waals surface area contributed by atoms with Crippen molar-refractivity contribution in [3.05, 3.63) is 52.1 Å². The highest BCUT2D eigenvalue weighted by molar-refractivity contribution is 6.09. The van der Waals surface area contributed by atoms with Crippen LogP contribution in [-0.2, 0) is 16.0 Å². The van der Waals surface area contributed by atoms with Gasteiger partial charge in [-0.15, -0.1) is 0 Å². The Kier molecular flexibility index (Phi) is 12.2. The fraction of sp³-hybridized carbons (Fsp3) is 0.568. The highest BCUT2D eigenvalue weighted by Crippen LogP contribution is 2.55. The number of fused-ring (bicyclic) bond motifs is 3. The summed E-state index contributed by atoms with van der Waals surface area (Å²) in [6.45, 7) is 13.1. The summed E-state index contributed by atoms with van der Waals surface area (Å²) < 4.78 is 36.8. The number of methoxy groups -OCH3 is 3. The van der Waals surface area contributed by atoms with Gasteiger partial charge in [-0.3, -0.25) is 14.5 Å². The second kappa shape index (κ2) is 15.9. The number of unbranched alkanes of at least 4 members (excludes halogenated alkanes) is 2. The fourth-order valence-corrected chi connectivity index (χ4v) is 6.98. The van der Waals surface area contributed by atoms with Crippen LogP contribution < -0.4 is 23.7 Å². The minimum absolute atomic E-state index is 0.0738. The van der Waals surface area contributed by atoms with Gasteiger partial charge >= 0.3 is 0 Å². The number of hydrogen-bond donors (Lipinski definition) is 0. The molecule has 3 atom stereocenters. The molecule has 0 N–H and O–H groups in total. The summed E-state index contributed by atoms with van der Waals surface area (Å²) in [5, 5.41) is 0. The molecule has 2 aliphatic heterocycles. The van der Waals surface area contributed by atoms with Crippen molar-refractivity contribution in [2.75, 3.05) is 61.9 Å². The molecule has 2 heterocycles. The molecule has 2 aromatic carbocycles. The van der Waals surface area contributed by atoms with Crippen molar-refractivity contribution in [1.82, 2.24) is 9.80 Å². The van der Waals surface area contributed by atoms with E-state index in [0.29, 0.717) is 58.7 Å². The topological polar surface area (TPSA) is 96.0 Å². The van der Waals surface area contributed by atoms with Gasteiger partial charge < -0.3 is 33.3 Å². The summed E-state index contributed by atoms with van der Waals surface area (Å²) in [6.07, 6.45) is 5.33. The molecule has 1 amide bonds. The Balaban J connectivity index is 2.09. The number of aryl methyl sites for hydroxylation is 1. The second-order valence-electron chi connectivity index (χ2n) is 12.4. The minimum Gasteiger partial charge on any atom is -0.493 e. The first kappa shape index (κ1) is 36.1. The number of Topliss-reactive ketones (excluding diaryl/α,β-unsaturated/α-hetero) is 1. The van der Waals surface area contributed by atoms with Gasteiger partial charge in [-0.1, -0.05) is 45.4 Å². The molecule has 47 heavy (non-hydrogen) atoms. The van der Waals surface area contributed by atoms with E-state index in [0.717, 1.165) is 42.4 Å². The van der Waals surface area contributed by atoms with E-state index in [-0.39, 0.29) is 31.3 Å². The van der Waals surface area contributed by atoms with E-state index in [1.54, 1.807) is 32.3 Å². The molecule has 0 bridgehead atoms. The lowest BCUT2D eigenvalue weighted by Gasteiger charge is -2.46. The first-order valence-electron chi connectivity index (χ1n) is 16.6. The van der Waals surface area contributed by atoms with Crippen LogP contribution in [0.2, 0.25) is 0 Å². The second-order valence-corrected chi connectivity index (χ2v) is 12.4. The predicted octanol–water partition coefficient (Wildman–Crippen LogP) is 6.18. The van der Waals surface area contributed by atoms with Gasteiger partial charge in [-0.05, 0) is 51.9 Å². The number of ketones is 1. The molecule has 0 fully saturated rings. The van der Waals surface area contributed by atoms with Crippen LogP contribution in [0.25, 0.3) is 0 Å². The molecule has 0 unspecified atom stereocenters.